The summed E-state index contributed by atoms with van der Waals surface area (Å²) in [5, 5.41) is 21.3. The average Bonchev–Trinajstić information content (AvgIpc) is 3.13. The third kappa shape index (κ3) is 5.02. The van der Waals surface area contributed by atoms with Crippen molar-refractivity contribution >= 4 is 17.4 Å². The van der Waals surface area contributed by atoms with Crippen LogP contribution in [-0.4, -0.2) is 45.5 Å². The SMILES string of the molecule is COc1cc([C@H]2C(=C(O)c3ccc(OCC(C)C)cc3)C(=O)C(=O)N2Cc2cccnc2)ccc1O. The molecule has 0 aliphatic carbocycles. The second-order valence-corrected chi connectivity index (χ2v) is 8.95. The molecule has 1 saturated heterocycles. The zero-order chi connectivity index (χ0) is 25.8. The lowest BCUT2D eigenvalue weighted by molar-refractivity contribution is -0.140. The molecule has 0 radical (unpaired) electrons. The number of amides is 1. The molecule has 186 valence electrons. The number of hydrogen-bond donors (Lipinski definition) is 2. The number of carbonyl (C=O) groups is 2. The number of pyridine rings is 1. The Balaban J connectivity index is 1.79. The molecule has 0 saturated carbocycles. The molecule has 0 unspecified atom stereocenters. The Morgan fingerprint density at radius 3 is 2.50 bits per heavy atom. The van der Waals surface area contributed by atoms with E-state index >= 15 is 0 Å². The quantitative estimate of drug-likeness (QED) is 0.274. The van der Waals surface area contributed by atoms with Crippen LogP contribution in [-0.2, 0) is 16.1 Å². The molecule has 2 aromatic carbocycles. The summed E-state index contributed by atoms with van der Waals surface area (Å²) in [5.74, 6) is -0.737. The minimum absolute atomic E-state index is 0.0486. The van der Waals surface area contributed by atoms with Crippen molar-refractivity contribution in [3.8, 4) is 17.2 Å². The van der Waals surface area contributed by atoms with Crippen LogP contribution in [0.25, 0.3) is 5.76 Å². The summed E-state index contributed by atoms with van der Waals surface area (Å²) >= 11 is 0. The Morgan fingerprint density at radius 2 is 1.86 bits per heavy atom. The lowest BCUT2D eigenvalue weighted by Gasteiger charge is -2.25. The molecule has 1 aromatic heterocycles. The highest BCUT2D eigenvalue weighted by Gasteiger charge is 2.46. The van der Waals surface area contributed by atoms with Crippen LogP contribution >= 0.6 is 0 Å². The van der Waals surface area contributed by atoms with E-state index in [1.54, 1.807) is 60.9 Å². The summed E-state index contributed by atoms with van der Waals surface area (Å²) in [6.45, 7) is 4.74. The minimum Gasteiger partial charge on any atom is -0.507 e. The van der Waals surface area contributed by atoms with Gasteiger partial charge < -0.3 is 24.6 Å². The lowest BCUT2D eigenvalue weighted by Crippen LogP contribution is -2.29. The normalized spacial score (nSPS) is 17.0. The summed E-state index contributed by atoms with van der Waals surface area (Å²) in [7, 11) is 1.41. The van der Waals surface area contributed by atoms with E-state index in [0.29, 0.717) is 29.4 Å². The molecule has 2 N–H and O–H groups in total. The summed E-state index contributed by atoms with van der Waals surface area (Å²) in [4.78, 5) is 31.9. The minimum atomic E-state index is -0.906. The van der Waals surface area contributed by atoms with Crippen molar-refractivity contribution in [2.24, 2.45) is 5.92 Å². The monoisotopic (exact) mass is 488 g/mol. The Morgan fingerprint density at radius 1 is 1.11 bits per heavy atom. The first kappa shape index (κ1) is 24.8. The molecule has 1 amide bonds. The van der Waals surface area contributed by atoms with Crippen molar-refractivity contribution in [1.29, 1.82) is 0 Å². The van der Waals surface area contributed by atoms with Crippen molar-refractivity contribution < 1.29 is 29.3 Å². The number of aliphatic hydroxyl groups excluding tert-OH is 1. The molecule has 4 rings (SSSR count). The van der Waals surface area contributed by atoms with Crippen LogP contribution in [0.1, 0.15) is 36.6 Å². The molecule has 1 atom stereocenters. The molecule has 1 aliphatic heterocycles. The number of phenolic OH excluding ortho intramolecular Hbond substituents is 1. The van der Waals surface area contributed by atoms with Gasteiger partial charge in [0, 0.05) is 24.5 Å². The largest absolute Gasteiger partial charge is 0.507 e. The Bertz CT molecular complexity index is 1290. The van der Waals surface area contributed by atoms with Gasteiger partial charge in [0.15, 0.2) is 11.5 Å². The molecular formula is C28H28N2O6. The van der Waals surface area contributed by atoms with E-state index in [1.165, 1.54) is 18.1 Å². The number of aromatic hydroxyl groups is 1. The van der Waals surface area contributed by atoms with Crippen LogP contribution in [0.15, 0.2) is 72.6 Å². The summed E-state index contributed by atoms with van der Waals surface area (Å²) in [5.41, 5.74) is 1.56. The molecule has 2 heterocycles. The standard InChI is InChI=1S/C28H28N2O6/c1-17(2)16-36-21-9-6-19(7-10-21)26(32)24-25(20-8-11-22(31)23(13-20)35-3)30(28(34)27(24)33)15-18-5-4-12-29-14-18/h4-14,17,25,31-32H,15-16H2,1-3H3/t25-/m0/s1. The zero-order valence-electron chi connectivity index (χ0n) is 20.3. The molecule has 36 heavy (non-hydrogen) atoms. The first-order chi connectivity index (χ1) is 17.3. The maximum Gasteiger partial charge on any atom is 0.295 e. The van der Waals surface area contributed by atoms with E-state index in [2.05, 4.69) is 4.98 Å². The van der Waals surface area contributed by atoms with Gasteiger partial charge in [-0.15, -0.1) is 0 Å². The van der Waals surface area contributed by atoms with Crippen molar-refractivity contribution in [2.45, 2.75) is 26.4 Å². The summed E-state index contributed by atoms with van der Waals surface area (Å²) < 4.78 is 11.0. The third-order valence-electron chi connectivity index (χ3n) is 5.85. The van der Waals surface area contributed by atoms with Gasteiger partial charge in [0.2, 0.25) is 0 Å². The van der Waals surface area contributed by atoms with Crippen molar-refractivity contribution in [3.05, 3.63) is 89.3 Å². The number of benzene rings is 2. The van der Waals surface area contributed by atoms with Gasteiger partial charge in [-0.2, -0.15) is 0 Å². The molecule has 8 nitrogen and oxygen atoms in total. The number of nitrogens with zero attached hydrogens (tertiary/aromatic N) is 2. The number of hydrogen-bond acceptors (Lipinski definition) is 7. The number of phenols is 1. The van der Waals surface area contributed by atoms with Crippen LogP contribution in [0.2, 0.25) is 0 Å². The number of ether oxygens (including phenoxy) is 2. The van der Waals surface area contributed by atoms with E-state index in [0.717, 1.165) is 5.56 Å². The van der Waals surface area contributed by atoms with Crippen LogP contribution in [0, 0.1) is 5.92 Å². The van der Waals surface area contributed by atoms with Crippen molar-refractivity contribution in [3.63, 3.8) is 0 Å². The molecular weight excluding hydrogens is 460 g/mol. The molecule has 0 bridgehead atoms. The van der Waals surface area contributed by atoms with E-state index < -0.39 is 17.7 Å². The highest BCUT2D eigenvalue weighted by atomic mass is 16.5. The molecule has 8 heteroatoms. The Hall–Kier alpha value is -4.33. The van der Waals surface area contributed by atoms with Gasteiger partial charge in [0.25, 0.3) is 11.7 Å². The molecule has 0 spiro atoms. The van der Waals surface area contributed by atoms with E-state index in [9.17, 15) is 19.8 Å². The van der Waals surface area contributed by atoms with E-state index in [1.807, 2.05) is 13.8 Å². The van der Waals surface area contributed by atoms with Gasteiger partial charge in [0.05, 0.1) is 25.3 Å². The maximum absolute atomic E-state index is 13.2. The van der Waals surface area contributed by atoms with Crippen molar-refractivity contribution in [1.82, 2.24) is 9.88 Å². The van der Waals surface area contributed by atoms with Gasteiger partial charge >= 0.3 is 0 Å². The van der Waals surface area contributed by atoms with Crippen LogP contribution < -0.4 is 9.47 Å². The van der Waals surface area contributed by atoms with E-state index in [4.69, 9.17) is 9.47 Å². The van der Waals surface area contributed by atoms with Gasteiger partial charge in [-0.3, -0.25) is 14.6 Å². The number of Topliss-reactive ketones (excluding diaryl/α,β-unsaturated/α-hetero) is 1. The number of likely N-dealkylation sites (tertiary alicyclic amines) is 1. The van der Waals surface area contributed by atoms with Gasteiger partial charge in [-0.05, 0) is 59.5 Å². The number of rotatable bonds is 8. The smallest absolute Gasteiger partial charge is 0.295 e. The van der Waals surface area contributed by atoms with Gasteiger partial charge in [-0.1, -0.05) is 26.0 Å². The predicted molar refractivity (Wildman–Crippen MR) is 134 cm³/mol. The van der Waals surface area contributed by atoms with Gasteiger partial charge in [0.1, 0.15) is 11.5 Å². The van der Waals surface area contributed by atoms with Gasteiger partial charge in [-0.25, -0.2) is 0 Å². The van der Waals surface area contributed by atoms with Crippen LogP contribution in [0.5, 0.6) is 17.2 Å². The van der Waals surface area contributed by atoms with Crippen LogP contribution in [0.3, 0.4) is 0 Å². The summed E-state index contributed by atoms with van der Waals surface area (Å²) in [6.07, 6.45) is 3.23. The second kappa shape index (κ2) is 10.5. The number of aliphatic hydroxyl groups is 1. The number of methoxy groups -OCH3 is 1. The topological polar surface area (TPSA) is 109 Å². The fraction of sp³-hybridized carbons (Fsp3) is 0.250. The summed E-state index contributed by atoms with van der Waals surface area (Å²) in [6, 6.07) is 13.9. The number of carbonyl (C=O) groups excluding carboxylic acids is 2. The lowest BCUT2D eigenvalue weighted by atomic mass is 9.95. The van der Waals surface area contributed by atoms with Crippen LogP contribution in [0.4, 0.5) is 0 Å². The number of ketones is 1. The Kier molecular flexibility index (Phi) is 7.24. The second-order valence-electron chi connectivity index (χ2n) is 8.95. The Labute approximate surface area is 209 Å². The first-order valence-corrected chi connectivity index (χ1v) is 11.6. The fourth-order valence-corrected chi connectivity index (χ4v) is 4.07. The maximum atomic E-state index is 13.2. The highest BCUT2D eigenvalue weighted by Crippen LogP contribution is 2.42. The van der Waals surface area contributed by atoms with Crippen molar-refractivity contribution in [2.75, 3.05) is 13.7 Å². The predicted octanol–water partition coefficient (Wildman–Crippen LogP) is 4.45. The third-order valence-corrected chi connectivity index (χ3v) is 5.85. The zero-order valence-corrected chi connectivity index (χ0v) is 20.3. The average molecular weight is 489 g/mol. The molecule has 1 fully saturated rings. The number of aromatic nitrogens is 1. The van der Waals surface area contributed by atoms with E-state index in [-0.39, 0.29) is 29.4 Å². The highest BCUT2D eigenvalue weighted by molar-refractivity contribution is 6.46. The molecule has 3 aromatic rings. The molecule has 1 aliphatic rings. The fourth-order valence-electron chi connectivity index (χ4n) is 4.07. The first-order valence-electron chi connectivity index (χ1n) is 11.6.